The molecule has 1 aliphatic rings. The fourth-order valence-corrected chi connectivity index (χ4v) is 3.54. The molecule has 3 rings (SSSR count). The number of benzene rings is 1. The Kier molecular flexibility index (Phi) is 7.33. The van der Waals surface area contributed by atoms with Gasteiger partial charge in [-0.15, -0.1) is 0 Å². The third-order valence-corrected chi connectivity index (χ3v) is 5.26. The third-order valence-electron chi connectivity index (χ3n) is 4.90. The summed E-state index contributed by atoms with van der Waals surface area (Å²) in [6, 6.07) is 11.3. The summed E-state index contributed by atoms with van der Waals surface area (Å²) in [4.78, 5) is 20.3. The van der Waals surface area contributed by atoms with Crippen LogP contribution >= 0.6 is 12.2 Å². The number of carbonyl (C=O) groups is 1. The van der Waals surface area contributed by atoms with Crippen LogP contribution in [-0.2, 0) is 11.2 Å². The molecule has 148 valence electrons. The number of hydrogen-bond acceptors (Lipinski definition) is 5. The molecule has 0 bridgehead atoms. The van der Waals surface area contributed by atoms with E-state index in [-0.39, 0.29) is 5.97 Å². The topological polar surface area (TPSA) is 57.7 Å². The molecule has 0 spiro atoms. The number of aromatic nitrogens is 1. The number of rotatable bonds is 5. The Morgan fingerprint density at radius 3 is 2.57 bits per heavy atom. The van der Waals surface area contributed by atoms with E-state index in [0.29, 0.717) is 5.56 Å². The van der Waals surface area contributed by atoms with E-state index >= 15 is 0 Å². The number of hydrogen-bond donors (Lipinski definition) is 1. The summed E-state index contributed by atoms with van der Waals surface area (Å²) in [6.07, 6.45) is 5.82. The summed E-state index contributed by atoms with van der Waals surface area (Å²) in [5, 5.41) is 4.00. The number of nitrogens with one attached hydrogen (secondary N) is 1. The van der Waals surface area contributed by atoms with E-state index in [1.807, 2.05) is 24.5 Å². The van der Waals surface area contributed by atoms with Crippen LogP contribution in [0.25, 0.3) is 0 Å². The first kappa shape index (κ1) is 20.2. The van der Waals surface area contributed by atoms with Gasteiger partial charge >= 0.3 is 5.97 Å². The van der Waals surface area contributed by atoms with E-state index in [1.54, 1.807) is 12.1 Å². The molecule has 0 saturated carbocycles. The zero-order valence-corrected chi connectivity index (χ0v) is 17.0. The number of thiocarbonyl (C=S) groups is 1. The van der Waals surface area contributed by atoms with Crippen molar-refractivity contribution in [1.29, 1.82) is 0 Å². The van der Waals surface area contributed by atoms with E-state index in [1.165, 1.54) is 12.7 Å². The Bertz CT molecular complexity index is 783. The van der Waals surface area contributed by atoms with Gasteiger partial charge in [-0.05, 0) is 73.6 Å². The lowest BCUT2D eigenvalue weighted by Gasteiger charge is -2.24. The number of pyridine rings is 1. The second kappa shape index (κ2) is 10.1. The van der Waals surface area contributed by atoms with Gasteiger partial charge in [0.05, 0.1) is 12.7 Å². The van der Waals surface area contributed by atoms with Gasteiger partial charge in [-0.25, -0.2) is 4.79 Å². The first-order valence-electron chi connectivity index (χ1n) is 9.51. The molecule has 0 aliphatic carbocycles. The van der Waals surface area contributed by atoms with E-state index < -0.39 is 0 Å². The van der Waals surface area contributed by atoms with E-state index in [2.05, 4.69) is 32.2 Å². The second-order valence-electron chi connectivity index (χ2n) is 6.79. The standard InChI is InChI=1S/C21H26N4O2S/c1-27-20(26)18-3-5-19(6-4-18)23-21(28)25-13-2-12-24(15-16-25)14-9-17-7-10-22-11-8-17/h3-8,10-11H,2,9,12-16H2,1H3,(H,23,28). The van der Waals surface area contributed by atoms with Crippen LogP contribution in [0.1, 0.15) is 22.3 Å². The summed E-state index contributed by atoms with van der Waals surface area (Å²) >= 11 is 5.60. The van der Waals surface area contributed by atoms with Crippen molar-refractivity contribution in [2.24, 2.45) is 0 Å². The average molecular weight is 399 g/mol. The van der Waals surface area contributed by atoms with E-state index in [4.69, 9.17) is 17.0 Å². The van der Waals surface area contributed by atoms with Gasteiger partial charge in [0, 0.05) is 44.3 Å². The van der Waals surface area contributed by atoms with Gasteiger partial charge in [0.25, 0.3) is 0 Å². The van der Waals surface area contributed by atoms with Crippen LogP contribution in [0, 0.1) is 0 Å². The molecule has 7 heteroatoms. The lowest BCUT2D eigenvalue weighted by atomic mass is 10.2. The minimum absolute atomic E-state index is 0.339. The molecule has 1 N–H and O–H groups in total. The zero-order valence-electron chi connectivity index (χ0n) is 16.1. The van der Waals surface area contributed by atoms with Crippen LogP contribution in [0.15, 0.2) is 48.8 Å². The van der Waals surface area contributed by atoms with Crippen molar-refractivity contribution in [2.75, 3.05) is 45.2 Å². The maximum absolute atomic E-state index is 11.5. The Morgan fingerprint density at radius 1 is 1.11 bits per heavy atom. The number of ether oxygens (including phenoxy) is 1. The first-order chi connectivity index (χ1) is 13.7. The van der Waals surface area contributed by atoms with Gasteiger partial charge in [-0.2, -0.15) is 0 Å². The van der Waals surface area contributed by atoms with Crippen LogP contribution in [0.4, 0.5) is 5.69 Å². The maximum Gasteiger partial charge on any atom is 0.337 e. The molecule has 1 fully saturated rings. The zero-order chi connectivity index (χ0) is 19.8. The quantitative estimate of drug-likeness (QED) is 0.614. The minimum Gasteiger partial charge on any atom is -0.465 e. The molecular weight excluding hydrogens is 372 g/mol. The van der Waals surface area contributed by atoms with Gasteiger partial charge in [-0.1, -0.05) is 0 Å². The first-order valence-corrected chi connectivity index (χ1v) is 9.92. The summed E-state index contributed by atoms with van der Waals surface area (Å²) in [7, 11) is 1.38. The van der Waals surface area contributed by atoms with Gasteiger partial charge in [0.1, 0.15) is 0 Å². The predicted octanol–water partition coefficient (Wildman–Crippen LogP) is 2.82. The van der Waals surface area contributed by atoms with E-state index in [9.17, 15) is 4.79 Å². The van der Waals surface area contributed by atoms with Crippen molar-refractivity contribution in [3.8, 4) is 0 Å². The Labute approximate surface area is 171 Å². The molecule has 6 nitrogen and oxygen atoms in total. The van der Waals surface area contributed by atoms with Gasteiger partial charge in [-0.3, -0.25) is 4.98 Å². The number of anilines is 1. The molecule has 0 amide bonds. The Balaban J connectivity index is 1.48. The van der Waals surface area contributed by atoms with Crippen molar-refractivity contribution < 1.29 is 9.53 Å². The second-order valence-corrected chi connectivity index (χ2v) is 7.17. The Morgan fingerprint density at radius 2 is 1.86 bits per heavy atom. The monoisotopic (exact) mass is 398 g/mol. The fraction of sp³-hybridized carbons (Fsp3) is 0.381. The molecule has 2 aromatic rings. The molecule has 1 saturated heterocycles. The molecule has 1 aromatic heterocycles. The number of carbonyl (C=O) groups excluding carboxylic acids is 1. The summed E-state index contributed by atoms with van der Waals surface area (Å²) in [6.45, 7) is 4.97. The molecule has 1 aliphatic heterocycles. The molecule has 28 heavy (non-hydrogen) atoms. The van der Waals surface area contributed by atoms with Crippen LogP contribution in [0.2, 0.25) is 0 Å². The third kappa shape index (κ3) is 5.74. The van der Waals surface area contributed by atoms with Crippen LogP contribution in [0.3, 0.4) is 0 Å². The summed E-state index contributed by atoms with van der Waals surface area (Å²) in [5.41, 5.74) is 2.72. The molecular formula is C21H26N4O2S. The van der Waals surface area contributed by atoms with Gasteiger partial charge in [0.15, 0.2) is 5.11 Å². The van der Waals surface area contributed by atoms with Crippen molar-refractivity contribution >= 4 is 29.0 Å². The van der Waals surface area contributed by atoms with Crippen molar-refractivity contribution in [1.82, 2.24) is 14.8 Å². The van der Waals surface area contributed by atoms with Crippen LogP contribution < -0.4 is 5.32 Å². The Hall–Kier alpha value is -2.51. The smallest absolute Gasteiger partial charge is 0.337 e. The summed E-state index contributed by atoms with van der Waals surface area (Å²) in [5.74, 6) is -0.339. The largest absolute Gasteiger partial charge is 0.465 e. The summed E-state index contributed by atoms with van der Waals surface area (Å²) < 4.78 is 4.72. The van der Waals surface area contributed by atoms with Crippen LogP contribution in [0.5, 0.6) is 0 Å². The normalized spacial score (nSPS) is 15.0. The number of esters is 1. The van der Waals surface area contributed by atoms with Gasteiger partial charge in [0.2, 0.25) is 0 Å². The highest BCUT2D eigenvalue weighted by molar-refractivity contribution is 7.80. The highest BCUT2D eigenvalue weighted by Crippen LogP contribution is 2.13. The van der Waals surface area contributed by atoms with Crippen LogP contribution in [-0.4, -0.2) is 65.7 Å². The molecule has 1 aromatic carbocycles. The molecule has 0 unspecified atom stereocenters. The molecule has 0 radical (unpaired) electrons. The maximum atomic E-state index is 11.5. The van der Waals surface area contributed by atoms with Crippen molar-refractivity contribution in [3.63, 3.8) is 0 Å². The lowest BCUT2D eigenvalue weighted by Crippen LogP contribution is -2.38. The predicted molar refractivity (Wildman–Crippen MR) is 115 cm³/mol. The minimum atomic E-state index is -0.339. The van der Waals surface area contributed by atoms with Crippen molar-refractivity contribution in [2.45, 2.75) is 12.8 Å². The highest BCUT2D eigenvalue weighted by atomic mass is 32.1. The SMILES string of the molecule is COC(=O)c1ccc(NC(=S)N2CCCN(CCc3ccncc3)CC2)cc1. The molecule has 2 heterocycles. The van der Waals surface area contributed by atoms with Crippen molar-refractivity contribution in [3.05, 3.63) is 59.9 Å². The van der Waals surface area contributed by atoms with E-state index in [0.717, 1.165) is 56.4 Å². The van der Waals surface area contributed by atoms with Gasteiger partial charge < -0.3 is 19.9 Å². The molecule has 0 atom stereocenters. The number of methoxy groups -OCH3 is 1. The lowest BCUT2D eigenvalue weighted by molar-refractivity contribution is 0.0601. The highest BCUT2D eigenvalue weighted by Gasteiger charge is 2.17. The number of nitrogens with zero attached hydrogens (tertiary/aromatic N) is 3. The fourth-order valence-electron chi connectivity index (χ4n) is 3.24. The average Bonchev–Trinajstić information content (AvgIpc) is 2.99.